The number of benzene rings is 2. The molecule has 0 spiro atoms. The summed E-state index contributed by atoms with van der Waals surface area (Å²) in [4.78, 5) is 36.5. The van der Waals surface area contributed by atoms with E-state index in [1.165, 1.54) is 11.8 Å². The number of nitrogens with one attached hydrogen (secondary N) is 1. The van der Waals surface area contributed by atoms with Crippen molar-refractivity contribution in [1.82, 2.24) is 0 Å². The molecule has 0 saturated heterocycles. The maximum Gasteiger partial charge on any atom is 0.307 e. The first-order chi connectivity index (χ1) is 13.5. The summed E-state index contributed by atoms with van der Waals surface area (Å²) in [7, 11) is 0. The number of amides is 1. The van der Waals surface area contributed by atoms with E-state index in [0.717, 1.165) is 11.3 Å². The standard InChI is InChI=1S/C21H22ClNO4S/c1-2-3-20(25)23-17-8-4-15(5-9-17)19(24)14-27-21(26)12-13-28-18-10-6-16(22)7-11-18/h4-11H,2-3,12-14H2,1H3,(H,23,25). The van der Waals surface area contributed by atoms with Gasteiger partial charge < -0.3 is 10.1 Å². The highest BCUT2D eigenvalue weighted by Crippen LogP contribution is 2.21. The number of hydrogen-bond acceptors (Lipinski definition) is 5. The molecule has 1 amide bonds. The van der Waals surface area contributed by atoms with Crippen LogP contribution in [0.1, 0.15) is 36.5 Å². The van der Waals surface area contributed by atoms with Crippen molar-refractivity contribution in [2.45, 2.75) is 31.1 Å². The van der Waals surface area contributed by atoms with E-state index in [2.05, 4.69) is 5.32 Å². The number of rotatable bonds is 10. The number of esters is 1. The lowest BCUT2D eigenvalue weighted by Gasteiger charge is -2.07. The van der Waals surface area contributed by atoms with Gasteiger partial charge >= 0.3 is 5.97 Å². The Bertz CT molecular complexity index is 806. The summed E-state index contributed by atoms with van der Waals surface area (Å²) in [6.45, 7) is 1.63. The van der Waals surface area contributed by atoms with Crippen LogP contribution in [-0.2, 0) is 14.3 Å². The van der Waals surface area contributed by atoms with Crippen molar-refractivity contribution in [2.75, 3.05) is 17.7 Å². The maximum absolute atomic E-state index is 12.1. The number of ether oxygens (including phenoxy) is 1. The van der Waals surface area contributed by atoms with Crippen molar-refractivity contribution in [3.8, 4) is 0 Å². The van der Waals surface area contributed by atoms with Crippen LogP contribution in [-0.4, -0.2) is 30.0 Å². The van der Waals surface area contributed by atoms with Crippen LogP contribution < -0.4 is 5.32 Å². The molecule has 1 N–H and O–H groups in total. The first-order valence-corrected chi connectivity index (χ1v) is 10.3. The van der Waals surface area contributed by atoms with Crippen molar-refractivity contribution in [1.29, 1.82) is 0 Å². The highest BCUT2D eigenvalue weighted by molar-refractivity contribution is 7.99. The Morgan fingerprint density at radius 1 is 1.00 bits per heavy atom. The van der Waals surface area contributed by atoms with E-state index in [9.17, 15) is 14.4 Å². The van der Waals surface area contributed by atoms with Crippen LogP contribution in [0.2, 0.25) is 5.02 Å². The Labute approximate surface area is 173 Å². The van der Waals surface area contributed by atoms with Gasteiger partial charge in [-0.05, 0) is 55.0 Å². The molecular weight excluding hydrogens is 398 g/mol. The molecule has 2 rings (SSSR count). The Morgan fingerprint density at radius 2 is 1.68 bits per heavy atom. The molecule has 0 aliphatic carbocycles. The molecule has 0 heterocycles. The van der Waals surface area contributed by atoms with E-state index in [1.807, 2.05) is 19.1 Å². The van der Waals surface area contributed by atoms with Gasteiger partial charge in [-0.1, -0.05) is 18.5 Å². The van der Waals surface area contributed by atoms with E-state index >= 15 is 0 Å². The smallest absolute Gasteiger partial charge is 0.307 e. The minimum absolute atomic E-state index is 0.0630. The molecule has 0 aliphatic heterocycles. The molecule has 0 aromatic heterocycles. The summed E-state index contributed by atoms with van der Waals surface area (Å²) in [6, 6.07) is 13.9. The predicted molar refractivity (Wildman–Crippen MR) is 112 cm³/mol. The largest absolute Gasteiger partial charge is 0.457 e. The molecular formula is C21H22ClNO4S. The first kappa shape index (κ1) is 22.0. The summed E-state index contributed by atoms with van der Waals surface area (Å²) in [5, 5.41) is 3.42. The van der Waals surface area contributed by atoms with E-state index in [1.54, 1.807) is 36.4 Å². The Hall–Kier alpha value is -2.31. The van der Waals surface area contributed by atoms with Gasteiger partial charge in [0.25, 0.3) is 0 Å². The topological polar surface area (TPSA) is 72.5 Å². The van der Waals surface area contributed by atoms with Crippen molar-refractivity contribution in [3.63, 3.8) is 0 Å². The molecule has 0 unspecified atom stereocenters. The number of halogens is 1. The van der Waals surface area contributed by atoms with E-state index in [0.29, 0.717) is 28.4 Å². The van der Waals surface area contributed by atoms with Crippen LogP contribution in [0, 0.1) is 0 Å². The van der Waals surface area contributed by atoms with Gasteiger partial charge in [-0.25, -0.2) is 0 Å². The second kappa shape index (κ2) is 11.5. The molecule has 2 aromatic rings. The molecule has 148 valence electrons. The van der Waals surface area contributed by atoms with Gasteiger partial charge in [0.05, 0.1) is 6.42 Å². The van der Waals surface area contributed by atoms with Gasteiger partial charge in [-0.15, -0.1) is 11.8 Å². The van der Waals surface area contributed by atoms with Gasteiger partial charge in [0.2, 0.25) is 5.91 Å². The Balaban J connectivity index is 1.71. The van der Waals surface area contributed by atoms with E-state index < -0.39 is 5.97 Å². The zero-order valence-corrected chi connectivity index (χ0v) is 17.1. The minimum Gasteiger partial charge on any atom is -0.457 e. The van der Waals surface area contributed by atoms with Crippen molar-refractivity contribution >= 4 is 46.7 Å². The second-order valence-electron chi connectivity index (χ2n) is 6.01. The normalized spacial score (nSPS) is 10.4. The lowest BCUT2D eigenvalue weighted by molar-refractivity contribution is -0.142. The fourth-order valence-electron chi connectivity index (χ4n) is 2.27. The molecule has 0 radical (unpaired) electrons. The average molecular weight is 420 g/mol. The molecule has 0 aliphatic rings. The summed E-state index contributed by atoms with van der Waals surface area (Å²) in [5.74, 6) is -0.212. The number of ketones is 1. The van der Waals surface area contributed by atoms with Crippen LogP contribution >= 0.6 is 23.4 Å². The predicted octanol–water partition coefficient (Wildman–Crippen LogP) is 4.99. The summed E-state index contributed by atoms with van der Waals surface area (Å²) in [5.41, 5.74) is 1.06. The monoisotopic (exact) mass is 419 g/mol. The maximum atomic E-state index is 12.1. The lowest BCUT2D eigenvalue weighted by Crippen LogP contribution is -2.15. The summed E-state index contributed by atoms with van der Waals surface area (Å²) in [6.07, 6.45) is 1.43. The molecule has 5 nitrogen and oxygen atoms in total. The Kier molecular flexibility index (Phi) is 9.04. The third kappa shape index (κ3) is 7.74. The van der Waals surface area contributed by atoms with Crippen LogP contribution in [0.4, 0.5) is 5.69 Å². The highest BCUT2D eigenvalue weighted by Gasteiger charge is 2.11. The molecule has 7 heteroatoms. The lowest BCUT2D eigenvalue weighted by atomic mass is 10.1. The van der Waals surface area contributed by atoms with Gasteiger partial charge in [-0.3, -0.25) is 14.4 Å². The van der Waals surface area contributed by atoms with Gasteiger partial charge in [-0.2, -0.15) is 0 Å². The minimum atomic E-state index is -0.418. The molecule has 0 fully saturated rings. The van der Waals surface area contributed by atoms with Gasteiger partial charge in [0.1, 0.15) is 0 Å². The molecule has 2 aromatic carbocycles. The fourth-order valence-corrected chi connectivity index (χ4v) is 3.23. The average Bonchev–Trinajstić information content (AvgIpc) is 2.68. The highest BCUT2D eigenvalue weighted by atomic mass is 35.5. The Morgan fingerprint density at radius 3 is 2.32 bits per heavy atom. The van der Waals surface area contributed by atoms with Crippen molar-refractivity contribution < 1.29 is 19.1 Å². The van der Waals surface area contributed by atoms with E-state index in [4.69, 9.17) is 16.3 Å². The summed E-state index contributed by atoms with van der Waals surface area (Å²) >= 11 is 7.35. The number of carbonyl (C=O) groups is 3. The van der Waals surface area contributed by atoms with Crippen LogP contribution in [0.25, 0.3) is 0 Å². The first-order valence-electron chi connectivity index (χ1n) is 8.95. The molecule has 0 bridgehead atoms. The van der Waals surface area contributed by atoms with E-state index in [-0.39, 0.29) is 24.7 Å². The zero-order chi connectivity index (χ0) is 20.4. The fraction of sp³-hybridized carbons (Fsp3) is 0.286. The number of Topliss-reactive ketones (excluding diaryl/α,β-unsaturated/α-hetero) is 1. The van der Waals surface area contributed by atoms with Crippen molar-refractivity contribution in [2.24, 2.45) is 0 Å². The third-order valence-electron chi connectivity index (χ3n) is 3.72. The number of thioether (sulfide) groups is 1. The molecule has 28 heavy (non-hydrogen) atoms. The second-order valence-corrected chi connectivity index (χ2v) is 7.62. The van der Waals surface area contributed by atoms with Crippen LogP contribution in [0.5, 0.6) is 0 Å². The number of anilines is 1. The summed E-state index contributed by atoms with van der Waals surface area (Å²) < 4.78 is 5.05. The zero-order valence-electron chi connectivity index (χ0n) is 15.6. The third-order valence-corrected chi connectivity index (χ3v) is 4.99. The molecule has 0 saturated carbocycles. The van der Waals surface area contributed by atoms with Crippen LogP contribution in [0.3, 0.4) is 0 Å². The van der Waals surface area contributed by atoms with Gasteiger partial charge in [0, 0.05) is 33.3 Å². The number of hydrogen-bond donors (Lipinski definition) is 1. The van der Waals surface area contributed by atoms with Crippen LogP contribution in [0.15, 0.2) is 53.4 Å². The number of carbonyl (C=O) groups excluding carboxylic acids is 3. The molecule has 0 atom stereocenters. The van der Waals surface area contributed by atoms with Crippen molar-refractivity contribution in [3.05, 3.63) is 59.1 Å². The SMILES string of the molecule is CCCC(=O)Nc1ccc(C(=O)COC(=O)CCSc2ccc(Cl)cc2)cc1. The quantitative estimate of drug-likeness (QED) is 0.334. The van der Waals surface area contributed by atoms with Gasteiger partial charge in [0.15, 0.2) is 12.4 Å².